The highest BCUT2D eigenvalue weighted by Crippen LogP contribution is 2.24. The van der Waals surface area contributed by atoms with Gasteiger partial charge in [0.05, 0.1) is 6.04 Å². The van der Waals surface area contributed by atoms with Gasteiger partial charge in [-0.1, -0.05) is 0 Å². The Morgan fingerprint density at radius 1 is 1.67 bits per heavy atom. The van der Waals surface area contributed by atoms with Crippen LogP contribution in [0.1, 0.15) is 23.9 Å². The molecule has 2 unspecified atom stereocenters. The van der Waals surface area contributed by atoms with E-state index in [0.29, 0.717) is 18.6 Å². The molecule has 1 saturated heterocycles. The van der Waals surface area contributed by atoms with Gasteiger partial charge in [0.1, 0.15) is 5.01 Å². The van der Waals surface area contributed by atoms with Crippen LogP contribution in [0.25, 0.3) is 0 Å². The average molecular weight is 226 g/mol. The summed E-state index contributed by atoms with van der Waals surface area (Å²) in [6.45, 7) is 2.69. The zero-order valence-electron chi connectivity index (χ0n) is 8.78. The number of nitrogens with two attached hydrogens (primary N) is 1. The zero-order valence-corrected chi connectivity index (χ0v) is 9.59. The normalized spacial score (nSPS) is 26.7. The monoisotopic (exact) mass is 226 g/mol. The summed E-state index contributed by atoms with van der Waals surface area (Å²) in [7, 11) is 0. The molecule has 4 N–H and O–H groups in total. The van der Waals surface area contributed by atoms with E-state index in [2.05, 4.69) is 15.6 Å². The molecule has 0 aromatic carbocycles. The van der Waals surface area contributed by atoms with Crippen molar-refractivity contribution in [3.05, 3.63) is 16.6 Å². The molecule has 2 heterocycles. The maximum atomic E-state index is 5.49. The van der Waals surface area contributed by atoms with Gasteiger partial charge in [0, 0.05) is 30.7 Å². The van der Waals surface area contributed by atoms with Crippen LogP contribution in [0.5, 0.6) is 0 Å². The Kier molecular flexibility index (Phi) is 4.08. The average Bonchev–Trinajstić information content (AvgIpc) is 2.80. The van der Waals surface area contributed by atoms with E-state index in [-0.39, 0.29) is 0 Å². The molecule has 84 valence electrons. The molecule has 2 atom stereocenters. The maximum Gasteiger partial charge on any atom is 0.110 e. The van der Waals surface area contributed by atoms with E-state index < -0.39 is 0 Å². The Bertz CT molecular complexity index is 275. The van der Waals surface area contributed by atoms with E-state index >= 15 is 0 Å². The summed E-state index contributed by atoms with van der Waals surface area (Å²) in [5.74, 6) is 0. The molecule has 0 spiro atoms. The minimum atomic E-state index is 0.425. The number of hydrogen-bond acceptors (Lipinski definition) is 5. The second-order valence-corrected chi connectivity index (χ2v) is 4.77. The molecule has 1 aromatic heterocycles. The molecule has 15 heavy (non-hydrogen) atoms. The topological polar surface area (TPSA) is 63.0 Å². The molecule has 0 bridgehead atoms. The molecule has 1 aromatic rings. The molecule has 0 aliphatic carbocycles. The van der Waals surface area contributed by atoms with E-state index in [1.54, 1.807) is 11.3 Å². The van der Waals surface area contributed by atoms with Gasteiger partial charge in [-0.3, -0.25) is 0 Å². The summed E-state index contributed by atoms with van der Waals surface area (Å²) in [5, 5.41) is 10.2. The van der Waals surface area contributed by atoms with Gasteiger partial charge in [0.25, 0.3) is 0 Å². The van der Waals surface area contributed by atoms with Crippen molar-refractivity contribution in [1.29, 1.82) is 0 Å². The van der Waals surface area contributed by atoms with Crippen molar-refractivity contribution >= 4 is 11.3 Å². The molecule has 0 saturated carbocycles. The smallest absolute Gasteiger partial charge is 0.110 e. The van der Waals surface area contributed by atoms with Gasteiger partial charge in [0.15, 0.2) is 0 Å². The lowest BCUT2D eigenvalue weighted by Crippen LogP contribution is -2.43. The first kappa shape index (κ1) is 11.0. The fourth-order valence-corrected chi connectivity index (χ4v) is 2.71. The number of thiazole rings is 1. The number of rotatable bonds is 4. The fraction of sp³-hybridized carbons (Fsp3) is 0.700. The second kappa shape index (κ2) is 5.55. The van der Waals surface area contributed by atoms with Crippen molar-refractivity contribution in [2.75, 3.05) is 19.6 Å². The molecule has 0 amide bonds. The maximum absolute atomic E-state index is 5.49. The Morgan fingerprint density at radius 2 is 2.60 bits per heavy atom. The van der Waals surface area contributed by atoms with Crippen LogP contribution in [0.3, 0.4) is 0 Å². The van der Waals surface area contributed by atoms with E-state index in [1.807, 2.05) is 11.6 Å². The van der Waals surface area contributed by atoms with Crippen molar-refractivity contribution in [3.8, 4) is 0 Å². The SMILES string of the molecule is NCCNC1CCNC(c2nccs2)C1. The standard InChI is InChI=1S/C10H18N4S/c11-2-4-12-8-1-3-13-9(7-8)10-14-5-6-15-10/h5-6,8-9,12-13H,1-4,7,11H2. The van der Waals surface area contributed by atoms with Crippen LogP contribution in [-0.2, 0) is 0 Å². The van der Waals surface area contributed by atoms with Gasteiger partial charge in [0.2, 0.25) is 0 Å². The van der Waals surface area contributed by atoms with Gasteiger partial charge < -0.3 is 16.4 Å². The first-order valence-corrected chi connectivity index (χ1v) is 6.34. The van der Waals surface area contributed by atoms with Gasteiger partial charge in [-0.05, 0) is 19.4 Å². The summed E-state index contributed by atoms with van der Waals surface area (Å²) in [5.41, 5.74) is 5.49. The number of aromatic nitrogens is 1. The lowest BCUT2D eigenvalue weighted by molar-refractivity contribution is 0.325. The van der Waals surface area contributed by atoms with Crippen molar-refractivity contribution in [1.82, 2.24) is 15.6 Å². The first-order chi connectivity index (χ1) is 7.40. The van der Waals surface area contributed by atoms with E-state index in [9.17, 15) is 0 Å². The second-order valence-electron chi connectivity index (χ2n) is 3.84. The largest absolute Gasteiger partial charge is 0.329 e. The van der Waals surface area contributed by atoms with Crippen LogP contribution in [0.15, 0.2) is 11.6 Å². The highest BCUT2D eigenvalue weighted by molar-refractivity contribution is 7.09. The highest BCUT2D eigenvalue weighted by atomic mass is 32.1. The third kappa shape index (κ3) is 2.98. The molecular formula is C10H18N4S. The molecule has 1 aliphatic rings. The number of nitrogens with one attached hydrogen (secondary N) is 2. The predicted octanol–water partition coefficient (Wildman–Crippen LogP) is 0.484. The van der Waals surface area contributed by atoms with Crippen molar-refractivity contribution < 1.29 is 0 Å². The first-order valence-electron chi connectivity index (χ1n) is 5.46. The third-order valence-electron chi connectivity index (χ3n) is 2.73. The summed E-state index contributed by atoms with van der Waals surface area (Å²) in [6, 6.07) is 1.01. The minimum Gasteiger partial charge on any atom is -0.329 e. The van der Waals surface area contributed by atoms with Gasteiger partial charge in [-0.15, -0.1) is 11.3 Å². The van der Waals surface area contributed by atoms with E-state index in [4.69, 9.17) is 5.73 Å². The van der Waals surface area contributed by atoms with E-state index in [1.165, 1.54) is 11.4 Å². The quantitative estimate of drug-likeness (QED) is 0.699. The Hall–Kier alpha value is -0.490. The number of piperidine rings is 1. The lowest BCUT2D eigenvalue weighted by Gasteiger charge is -2.29. The van der Waals surface area contributed by atoms with Crippen LogP contribution in [0.4, 0.5) is 0 Å². The third-order valence-corrected chi connectivity index (χ3v) is 3.62. The summed E-state index contributed by atoms with van der Waals surface area (Å²) in [6.07, 6.45) is 4.17. The fourth-order valence-electron chi connectivity index (χ4n) is 1.99. The van der Waals surface area contributed by atoms with Crippen molar-refractivity contribution in [2.24, 2.45) is 5.73 Å². The predicted molar refractivity (Wildman–Crippen MR) is 62.9 cm³/mol. The molecule has 1 fully saturated rings. The molecular weight excluding hydrogens is 208 g/mol. The molecule has 1 aliphatic heterocycles. The highest BCUT2D eigenvalue weighted by Gasteiger charge is 2.23. The molecule has 0 radical (unpaired) electrons. The molecule has 5 heteroatoms. The Labute approximate surface area is 94.3 Å². The Morgan fingerprint density at radius 3 is 3.33 bits per heavy atom. The van der Waals surface area contributed by atoms with Crippen LogP contribution >= 0.6 is 11.3 Å². The van der Waals surface area contributed by atoms with Crippen molar-refractivity contribution in [2.45, 2.75) is 24.9 Å². The van der Waals surface area contributed by atoms with Crippen LogP contribution in [-0.4, -0.2) is 30.7 Å². The van der Waals surface area contributed by atoms with Crippen LogP contribution in [0.2, 0.25) is 0 Å². The zero-order chi connectivity index (χ0) is 10.5. The summed E-state index contributed by atoms with van der Waals surface area (Å²) in [4.78, 5) is 4.36. The lowest BCUT2D eigenvalue weighted by atomic mass is 10.00. The van der Waals surface area contributed by atoms with E-state index in [0.717, 1.165) is 19.5 Å². The van der Waals surface area contributed by atoms with Crippen molar-refractivity contribution in [3.63, 3.8) is 0 Å². The van der Waals surface area contributed by atoms with Gasteiger partial charge in [-0.2, -0.15) is 0 Å². The van der Waals surface area contributed by atoms with Crippen LogP contribution < -0.4 is 16.4 Å². The van der Waals surface area contributed by atoms with Gasteiger partial charge in [-0.25, -0.2) is 4.98 Å². The molecule has 2 rings (SSSR count). The molecule has 4 nitrogen and oxygen atoms in total. The minimum absolute atomic E-state index is 0.425. The number of nitrogens with zero attached hydrogens (tertiary/aromatic N) is 1. The van der Waals surface area contributed by atoms with Crippen LogP contribution in [0, 0.1) is 0 Å². The summed E-state index contributed by atoms with van der Waals surface area (Å²) < 4.78 is 0. The number of hydrogen-bond donors (Lipinski definition) is 3. The summed E-state index contributed by atoms with van der Waals surface area (Å²) >= 11 is 1.73. The van der Waals surface area contributed by atoms with Gasteiger partial charge >= 0.3 is 0 Å². The Balaban J connectivity index is 1.87.